The van der Waals surface area contributed by atoms with Crippen molar-refractivity contribution in [2.24, 2.45) is 0 Å². The third-order valence-electron chi connectivity index (χ3n) is 2.71. The lowest BCUT2D eigenvalue weighted by Crippen LogP contribution is -2.12. The second kappa shape index (κ2) is 7.07. The first-order valence-corrected chi connectivity index (χ1v) is 7.41. The molecule has 0 aromatic heterocycles. The van der Waals surface area contributed by atoms with Crippen LogP contribution in [0.25, 0.3) is 0 Å². The number of hydrogen-bond donors (Lipinski definition) is 1. The number of nitrogens with one attached hydrogen (secondary N) is 1. The van der Waals surface area contributed by atoms with Gasteiger partial charge in [-0.3, -0.25) is 0 Å². The maximum Gasteiger partial charge on any atom is 0.137 e. The van der Waals surface area contributed by atoms with Gasteiger partial charge in [0.25, 0.3) is 0 Å². The normalized spacial score (nSPS) is 10.8. The predicted octanol–water partition coefficient (Wildman–Crippen LogP) is 4.88. The summed E-state index contributed by atoms with van der Waals surface area (Å²) in [6.07, 6.45) is 0. The number of hydrogen-bond acceptors (Lipinski definition) is 2. The van der Waals surface area contributed by atoms with Crippen LogP contribution in [0.15, 0.2) is 46.2 Å². The summed E-state index contributed by atoms with van der Waals surface area (Å²) >= 11 is 7.17. The fourth-order valence-electron chi connectivity index (χ4n) is 1.70. The molecule has 1 nitrogen and oxygen atoms in total. The van der Waals surface area contributed by atoms with Crippen LogP contribution in [-0.4, -0.2) is 6.54 Å². The van der Waals surface area contributed by atoms with Crippen molar-refractivity contribution in [3.8, 4) is 0 Å². The highest BCUT2D eigenvalue weighted by atomic mass is 35.5. The van der Waals surface area contributed by atoms with Gasteiger partial charge in [-0.1, -0.05) is 36.4 Å². The van der Waals surface area contributed by atoms with E-state index in [1.54, 1.807) is 12.1 Å². The van der Waals surface area contributed by atoms with E-state index in [4.69, 9.17) is 11.6 Å². The van der Waals surface area contributed by atoms with Gasteiger partial charge in [-0.2, -0.15) is 0 Å². The summed E-state index contributed by atoms with van der Waals surface area (Å²) in [6.45, 7) is 3.50. The van der Waals surface area contributed by atoms with Crippen molar-refractivity contribution in [1.29, 1.82) is 0 Å². The smallest absolute Gasteiger partial charge is 0.137 e. The monoisotopic (exact) mass is 313 g/mol. The first kappa shape index (κ1) is 15.3. The molecule has 20 heavy (non-hydrogen) atoms. The van der Waals surface area contributed by atoms with E-state index in [0.29, 0.717) is 11.6 Å². The first-order chi connectivity index (χ1) is 9.60. The molecule has 0 saturated heterocycles. The highest BCUT2D eigenvalue weighted by Crippen LogP contribution is 2.34. The van der Waals surface area contributed by atoms with E-state index in [1.807, 2.05) is 13.0 Å². The van der Waals surface area contributed by atoms with E-state index >= 15 is 0 Å². The summed E-state index contributed by atoms with van der Waals surface area (Å²) in [6, 6.07) is 8.88. The van der Waals surface area contributed by atoms with Gasteiger partial charge >= 0.3 is 0 Å². The molecule has 106 valence electrons. The summed E-state index contributed by atoms with van der Waals surface area (Å²) in [5.41, 5.74) is 1.00. The Labute approximate surface area is 126 Å². The third-order valence-corrected chi connectivity index (χ3v) is 4.08. The van der Waals surface area contributed by atoms with Crippen LogP contribution in [0.5, 0.6) is 0 Å². The average molecular weight is 314 g/mol. The Hall–Kier alpha value is -1.10. The van der Waals surface area contributed by atoms with Crippen molar-refractivity contribution < 1.29 is 8.78 Å². The van der Waals surface area contributed by atoms with E-state index < -0.39 is 11.6 Å². The fraction of sp³-hybridized carbons (Fsp3) is 0.200. The van der Waals surface area contributed by atoms with Crippen molar-refractivity contribution in [2.45, 2.75) is 23.3 Å². The minimum Gasteiger partial charge on any atom is -0.313 e. The highest BCUT2D eigenvalue weighted by Gasteiger charge is 2.10. The second-order valence-electron chi connectivity index (χ2n) is 4.21. The van der Waals surface area contributed by atoms with Gasteiger partial charge in [0.05, 0.1) is 4.90 Å². The molecule has 0 atom stereocenters. The Morgan fingerprint density at radius 2 is 1.90 bits per heavy atom. The molecule has 0 fully saturated rings. The number of rotatable bonds is 5. The van der Waals surface area contributed by atoms with E-state index in [9.17, 15) is 8.78 Å². The van der Waals surface area contributed by atoms with E-state index in [2.05, 4.69) is 5.32 Å². The molecule has 0 unspecified atom stereocenters. The Kier molecular flexibility index (Phi) is 5.40. The Bertz CT molecular complexity index is 604. The molecule has 0 spiro atoms. The molecule has 0 saturated carbocycles. The minimum atomic E-state index is -0.454. The maximum absolute atomic E-state index is 13.7. The van der Waals surface area contributed by atoms with Crippen LogP contribution in [0.1, 0.15) is 12.5 Å². The molecule has 0 aliphatic carbocycles. The number of halogens is 3. The van der Waals surface area contributed by atoms with Gasteiger partial charge in [0.2, 0.25) is 0 Å². The zero-order valence-electron chi connectivity index (χ0n) is 10.9. The van der Waals surface area contributed by atoms with Crippen molar-refractivity contribution >= 4 is 23.4 Å². The molecule has 0 aliphatic heterocycles. The summed E-state index contributed by atoms with van der Waals surface area (Å²) in [5.74, 6) is -0.894. The standard InChI is InChI=1S/C15H14ClF2NS/c1-2-19-9-10-3-4-11(16)7-14(10)20-15-8-12(17)5-6-13(15)18/h3-8,19H,2,9H2,1H3. The molecule has 2 rings (SSSR count). The zero-order chi connectivity index (χ0) is 14.5. The molecular weight excluding hydrogens is 300 g/mol. The Morgan fingerprint density at radius 3 is 2.65 bits per heavy atom. The van der Waals surface area contributed by atoms with Gasteiger partial charge in [-0.25, -0.2) is 8.78 Å². The summed E-state index contributed by atoms with van der Waals surface area (Å²) in [7, 11) is 0. The van der Waals surface area contributed by atoms with Gasteiger partial charge < -0.3 is 5.32 Å². The molecule has 1 N–H and O–H groups in total. The van der Waals surface area contributed by atoms with Gasteiger partial charge in [-0.15, -0.1) is 0 Å². The summed E-state index contributed by atoms with van der Waals surface area (Å²) in [4.78, 5) is 1.08. The van der Waals surface area contributed by atoms with Crippen LogP contribution in [0.2, 0.25) is 5.02 Å². The quantitative estimate of drug-likeness (QED) is 0.844. The van der Waals surface area contributed by atoms with E-state index in [1.165, 1.54) is 17.8 Å². The molecular formula is C15H14ClF2NS. The van der Waals surface area contributed by atoms with Gasteiger partial charge in [0, 0.05) is 16.5 Å². The molecule has 0 aliphatic rings. The van der Waals surface area contributed by atoms with Crippen LogP contribution >= 0.6 is 23.4 Å². The van der Waals surface area contributed by atoms with Crippen molar-refractivity contribution in [2.75, 3.05) is 6.54 Å². The van der Waals surface area contributed by atoms with Crippen molar-refractivity contribution in [1.82, 2.24) is 5.32 Å². The van der Waals surface area contributed by atoms with Gasteiger partial charge in [0.15, 0.2) is 0 Å². The lowest BCUT2D eigenvalue weighted by atomic mass is 10.2. The molecule has 5 heteroatoms. The van der Waals surface area contributed by atoms with Crippen molar-refractivity contribution in [3.05, 3.63) is 58.6 Å². The Morgan fingerprint density at radius 1 is 1.10 bits per heavy atom. The summed E-state index contributed by atoms with van der Waals surface area (Å²) < 4.78 is 26.9. The van der Waals surface area contributed by atoms with Crippen LogP contribution in [0, 0.1) is 11.6 Å². The molecule has 2 aromatic rings. The van der Waals surface area contributed by atoms with Crippen molar-refractivity contribution in [3.63, 3.8) is 0 Å². The van der Waals surface area contributed by atoms with E-state index in [0.717, 1.165) is 29.1 Å². The van der Waals surface area contributed by atoms with Crippen LogP contribution in [0.4, 0.5) is 8.78 Å². The van der Waals surface area contributed by atoms with Crippen LogP contribution in [-0.2, 0) is 6.54 Å². The predicted molar refractivity (Wildman–Crippen MR) is 79.3 cm³/mol. The highest BCUT2D eigenvalue weighted by molar-refractivity contribution is 7.99. The third kappa shape index (κ3) is 3.95. The molecule has 2 aromatic carbocycles. The topological polar surface area (TPSA) is 12.0 Å². The lowest BCUT2D eigenvalue weighted by molar-refractivity contribution is 0.577. The van der Waals surface area contributed by atoms with Crippen LogP contribution in [0.3, 0.4) is 0 Å². The second-order valence-corrected chi connectivity index (χ2v) is 5.73. The minimum absolute atomic E-state index is 0.255. The summed E-state index contributed by atoms with van der Waals surface area (Å²) in [5, 5.41) is 3.79. The molecule has 0 heterocycles. The fourth-order valence-corrected chi connectivity index (χ4v) is 2.97. The maximum atomic E-state index is 13.7. The Balaban J connectivity index is 2.31. The SMILES string of the molecule is CCNCc1ccc(Cl)cc1Sc1cc(F)ccc1F. The molecule has 0 bridgehead atoms. The van der Waals surface area contributed by atoms with Gasteiger partial charge in [-0.05, 0) is 42.4 Å². The first-order valence-electron chi connectivity index (χ1n) is 6.22. The zero-order valence-corrected chi connectivity index (χ0v) is 12.5. The van der Waals surface area contributed by atoms with Crippen LogP contribution < -0.4 is 5.32 Å². The molecule has 0 amide bonds. The molecule has 0 radical (unpaired) electrons. The lowest BCUT2D eigenvalue weighted by Gasteiger charge is -2.11. The van der Waals surface area contributed by atoms with Gasteiger partial charge in [0.1, 0.15) is 11.6 Å². The van der Waals surface area contributed by atoms with E-state index in [-0.39, 0.29) is 4.90 Å². The average Bonchev–Trinajstić information content (AvgIpc) is 2.42. The number of benzene rings is 2. The largest absolute Gasteiger partial charge is 0.313 e.